The van der Waals surface area contributed by atoms with E-state index in [4.69, 9.17) is 9.52 Å². The second kappa shape index (κ2) is 7.92. The van der Waals surface area contributed by atoms with E-state index in [9.17, 15) is 4.79 Å². The summed E-state index contributed by atoms with van der Waals surface area (Å²) >= 11 is 0. The summed E-state index contributed by atoms with van der Waals surface area (Å²) in [5.74, 6) is 0.788. The number of fused-ring (bicyclic) bond motifs is 1. The summed E-state index contributed by atoms with van der Waals surface area (Å²) in [4.78, 5) is 15.5. The Balaban J connectivity index is 1.37. The second-order valence-electron chi connectivity index (χ2n) is 8.12. The van der Waals surface area contributed by atoms with Crippen molar-refractivity contribution < 1.29 is 9.21 Å². The summed E-state index contributed by atoms with van der Waals surface area (Å²) in [6, 6.07) is 20.4. The topological polar surface area (TPSA) is 49.1 Å². The normalized spacial score (nSPS) is 18.9. The van der Waals surface area contributed by atoms with Crippen LogP contribution in [0.3, 0.4) is 0 Å². The van der Waals surface area contributed by atoms with Gasteiger partial charge in [-0.3, -0.25) is 9.69 Å². The Kier molecular flexibility index (Phi) is 4.97. The molecule has 0 spiro atoms. The lowest BCUT2D eigenvalue weighted by Crippen LogP contribution is -2.40. The Morgan fingerprint density at radius 3 is 2.63 bits per heavy atom. The van der Waals surface area contributed by atoms with Crippen LogP contribution in [0.2, 0.25) is 0 Å². The fraction of sp³-hybridized carbons (Fsp3) is 0.280. The Morgan fingerprint density at radius 2 is 1.87 bits per heavy atom. The van der Waals surface area contributed by atoms with Crippen molar-refractivity contribution in [3.8, 4) is 0 Å². The predicted molar refractivity (Wildman–Crippen MR) is 116 cm³/mol. The van der Waals surface area contributed by atoms with Gasteiger partial charge in [0.25, 0.3) is 5.91 Å². The van der Waals surface area contributed by atoms with Crippen molar-refractivity contribution in [1.82, 2.24) is 9.91 Å². The predicted octanol–water partition coefficient (Wildman–Crippen LogP) is 4.32. The molecule has 3 heterocycles. The minimum absolute atomic E-state index is 0.0119. The second-order valence-corrected chi connectivity index (χ2v) is 8.12. The molecular weight excluding hydrogens is 374 g/mol. The lowest BCUT2D eigenvalue weighted by atomic mass is 10.00. The number of hydrogen-bond acceptors (Lipinski definition) is 4. The van der Waals surface area contributed by atoms with Crippen molar-refractivity contribution >= 4 is 11.6 Å². The van der Waals surface area contributed by atoms with Crippen LogP contribution in [0.1, 0.15) is 40.5 Å². The molecule has 5 heteroatoms. The average molecular weight is 399 g/mol. The number of nitrogens with zero attached hydrogens (tertiary/aromatic N) is 3. The highest BCUT2D eigenvalue weighted by atomic mass is 16.3. The fourth-order valence-electron chi connectivity index (χ4n) is 4.32. The van der Waals surface area contributed by atoms with Gasteiger partial charge in [0.1, 0.15) is 11.8 Å². The van der Waals surface area contributed by atoms with Crippen molar-refractivity contribution in [3.63, 3.8) is 0 Å². The van der Waals surface area contributed by atoms with E-state index < -0.39 is 0 Å². The smallest absolute Gasteiger partial charge is 0.257 e. The minimum Gasteiger partial charge on any atom is -0.467 e. The maximum absolute atomic E-state index is 13.3. The van der Waals surface area contributed by atoms with Gasteiger partial charge in [0.05, 0.1) is 18.5 Å². The Bertz CT molecular complexity index is 1070. The van der Waals surface area contributed by atoms with Gasteiger partial charge in [-0.1, -0.05) is 54.1 Å². The van der Waals surface area contributed by atoms with Crippen molar-refractivity contribution in [3.05, 3.63) is 94.9 Å². The van der Waals surface area contributed by atoms with Crippen molar-refractivity contribution in [2.45, 2.75) is 32.4 Å². The van der Waals surface area contributed by atoms with Gasteiger partial charge < -0.3 is 4.42 Å². The molecule has 0 fully saturated rings. The summed E-state index contributed by atoms with van der Waals surface area (Å²) in [6.45, 7) is 4.11. The van der Waals surface area contributed by atoms with E-state index >= 15 is 0 Å². The van der Waals surface area contributed by atoms with Gasteiger partial charge in [0, 0.05) is 19.5 Å². The third-order valence-electron chi connectivity index (χ3n) is 5.99. The van der Waals surface area contributed by atoms with E-state index in [0.717, 1.165) is 36.5 Å². The number of rotatable bonds is 4. The van der Waals surface area contributed by atoms with Gasteiger partial charge in [0.15, 0.2) is 0 Å². The summed E-state index contributed by atoms with van der Waals surface area (Å²) in [7, 11) is 0. The number of amides is 1. The molecule has 30 heavy (non-hydrogen) atoms. The monoisotopic (exact) mass is 399 g/mol. The standard InChI is InChI=1S/C25H25N3O2/c1-18-8-10-20(11-9-18)22-15-23(24-7-4-14-30-24)28(26-22)25(29)17-27-13-12-19-5-2-3-6-21(19)16-27/h2-11,14,23H,12-13,15-17H2,1H3. The molecule has 0 saturated heterocycles. The summed E-state index contributed by atoms with van der Waals surface area (Å²) in [6.07, 6.45) is 3.29. The first-order valence-electron chi connectivity index (χ1n) is 10.5. The largest absolute Gasteiger partial charge is 0.467 e. The molecular formula is C25H25N3O2. The molecule has 1 aromatic heterocycles. The van der Waals surface area contributed by atoms with E-state index in [1.54, 1.807) is 11.3 Å². The number of furan rings is 1. The number of hydrazone groups is 1. The first kappa shape index (κ1) is 18.8. The Morgan fingerprint density at radius 1 is 1.07 bits per heavy atom. The number of aryl methyl sites for hydroxylation is 1. The number of carbonyl (C=O) groups is 1. The van der Waals surface area contributed by atoms with Gasteiger partial charge in [-0.25, -0.2) is 5.01 Å². The molecule has 0 saturated carbocycles. The van der Waals surface area contributed by atoms with Crippen LogP contribution in [-0.2, 0) is 17.8 Å². The molecule has 0 bridgehead atoms. The fourth-order valence-corrected chi connectivity index (χ4v) is 4.32. The third-order valence-corrected chi connectivity index (χ3v) is 5.99. The summed E-state index contributed by atoms with van der Waals surface area (Å²) < 4.78 is 5.66. The molecule has 152 valence electrons. The van der Waals surface area contributed by atoms with Crippen molar-refractivity contribution in [2.75, 3.05) is 13.1 Å². The van der Waals surface area contributed by atoms with E-state index in [-0.39, 0.29) is 11.9 Å². The van der Waals surface area contributed by atoms with E-state index in [0.29, 0.717) is 13.0 Å². The number of benzene rings is 2. The minimum atomic E-state index is -0.194. The molecule has 3 aromatic rings. The van der Waals surface area contributed by atoms with Crippen LogP contribution in [-0.4, -0.2) is 34.6 Å². The molecule has 5 rings (SSSR count). The SMILES string of the molecule is Cc1ccc(C2=NN(C(=O)CN3CCc4ccccc4C3)C(c3ccco3)C2)cc1. The van der Waals surface area contributed by atoms with Crippen LogP contribution in [0.15, 0.2) is 76.4 Å². The van der Waals surface area contributed by atoms with Gasteiger partial charge >= 0.3 is 0 Å². The van der Waals surface area contributed by atoms with Crippen LogP contribution in [0, 0.1) is 6.92 Å². The molecule has 2 aromatic carbocycles. The molecule has 0 aliphatic carbocycles. The van der Waals surface area contributed by atoms with Crippen LogP contribution < -0.4 is 0 Å². The zero-order chi connectivity index (χ0) is 20.5. The average Bonchev–Trinajstić information content (AvgIpc) is 3.44. The van der Waals surface area contributed by atoms with Gasteiger partial charge in [0.2, 0.25) is 0 Å². The maximum atomic E-state index is 13.3. The molecule has 2 aliphatic heterocycles. The van der Waals surface area contributed by atoms with Crippen molar-refractivity contribution in [2.24, 2.45) is 5.10 Å². The maximum Gasteiger partial charge on any atom is 0.257 e. The molecule has 1 amide bonds. The molecule has 0 radical (unpaired) electrons. The van der Waals surface area contributed by atoms with Crippen LogP contribution in [0.25, 0.3) is 0 Å². The summed E-state index contributed by atoms with van der Waals surface area (Å²) in [5.41, 5.74) is 5.88. The lowest BCUT2D eigenvalue weighted by molar-refractivity contribution is -0.134. The van der Waals surface area contributed by atoms with Gasteiger partial charge in [-0.05, 0) is 42.2 Å². The van der Waals surface area contributed by atoms with Gasteiger partial charge in [-0.2, -0.15) is 5.10 Å². The molecule has 0 N–H and O–H groups in total. The zero-order valence-corrected chi connectivity index (χ0v) is 17.1. The van der Waals surface area contributed by atoms with Crippen LogP contribution >= 0.6 is 0 Å². The summed E-state index contributed by atoms with van der Waals surface area (Å²) in [5, 5.41) is 6.38. The van der Waals surface area contributed by atoms with E-state index in [1.807, 2.05) is 12.1 Å². The van der Waals surface area contributed by atoms with Gasteiger partial charge in [-0.15, -0.1) is 0 Å². The van der Waals surface area contributed by atoms with E-state index in [2.05, 4.69) is 60.4 Å². The first-order chi connectivity index (χ1) is 14.7. The quantitative estimate of drug-likeness (QED) is 0.656. The zero-order valence-electron chi connectivity index (χ0n) is 17.1. The molecule has 1 unspecified atom stereocenters. The van der Waals surface area contributed by atoms with Crippen LogP contribution in [0.5, 0.6) is 0 Å². The number of hydrogen-bond donors (Lipinski definition) is 0. The molecule has 1 atom stereocenters. The Hall–Kier alpha value is -3.18. The Labute approximate surface area is 176 Å². The van der Waals surface area contributed by atoms with E-state index in [1.165, 1.54) is 16.7 Å². The van der Waals surface area contributed by atoms with Crippen LogP contribution in [0.4, 0.5) is 0 Å². The molecule has 5 nitrogen and oxygen atoms in total. The lowest BCUT2D eigenvalue weighted by Gasteiger charge is -2.30. The number of carbonyl (C=O) groups excluding carboxylic acids is 1. The third kappa shape index (κ3) is 3.68. The van der Waals surface area contributed by atoms with Crippen molar-refractivity contribution in [1.29, 1.82) is 0 Å². The molecule has 2 aliphatic rings. The first-order valence-corrected chi connectivity index (χ1v) is 10.5. The highest BCUT2D eigenvalue weighted by Crippen LogP contribution is 2.33. The highest BCUT2D eigenvalue weighted by molar-refractivity contribution is 6.03. The highest BCUT2D eigenvalue weighted by Gasteiger charge is 2.35.